The van der Waals surface area contributed by atoms with Crippen LogP contribution in [0.4, 0.5) is 5.13 Å². The number of aromatic nitrogens is 2. The Balaban J connectivity index is 1.53. The van der Waals surface area contributed by atoms with Crippen molar-refractivity contribution in [3.63, 3.8) is 0 Å². The van der Waals surface area contributed by atoms with Crippen LogP contribution in [-0.2, 0) is 29.6 Å². The second kappa shape index (κ2) is 8.85. The second-order valence-corrected chi connectivity index (χ2v) is 10.1. The lowest BCUT2D eigenvalue weighted by Gasteiger charge is -2.14. The summed E-state index contributed by atoms with van der Waals surface area (Å²) in [5.74, 6) is -0.0723. The molecule has 0 bridgehead atoms. The quantitative estimate of drug-likeness (QED) is 0.365. The molecule has 31 heavy (non-hydrogen) atoms. The van der Waals surface area contributed by atoms with Crippen molar-refractivity contribution in [3.05, 3.63) is 82.0 Å². The van der Waals surface area contributed by atoms with Crippen LogP contribution in [0.25, 0.3) is 10.9 Å². The molecule has 0 aliphatic carbocycles. The first-order chi connectivity index (χ1) is 14.8. The Labute approximate surface area is 191 Å². The maximum atomic E-state index is 12.8. The molecule has 0 fully saturated rings. The highest BCUT2D eigenvalue weighted by Crippen LogP contribution is 2.28. The Bertz CT molecular complexity index is 1200. The number of thiazole rings is 1. The molecule has 0 spiro atoms. The van der Waals surface area contributed by atoms with Gasteiger partial charge in [0.2, 0.25) is 5.91 Å². The van der Waals surface area contributed by atoms with Crippen LogP contribution in [-0.4, -0.2) is 15.5 Å². The number of hydrogen-bond donors (Lipinski definition) is 1. The molecule has 0 radical (unpaired) electrons. The highest BCUT2D eigenvalue weighted by molar-refractivity contribution is 7.13. The summed E-state index contributed by atoms with van der Waals surface area (Å²) in [6.07, 6.45) is 3.28. The van der Waals surface area contributed by atoms with Gasteiger partial charge in [-0.05, 0) is 35.7 Å². The number of hydrogen-bond acceptors (Lipinski definition) is 3. The summed E-state index contributed by atoms with van der Waals surface area (Å²) in [6.45, 7) is 7.18. The molecule has 0 saturated carbocycles. The lowest BCUT2D eigenvalue weighted by molar-refractivity contribution is -0.115. The number of nitrogens with zero attached hydrogens (tertiary/aromatic N) is 2. The minimum atomic E-state index is -0.0723. The summed E-state index contributed by atoms with van der Waals surface area (Å²) in [5.41, 5.74) is 4.29. The monoisotopic (exact) mass is 451 g/mol. The first kappa shape index (κ1) is 21.6. The van der Waals surface area contributed by atoms with Crippen LogP contribution in [0.15, 0.2) is 60.1 Å². The molecule has 160 valence electrons. The molecule has 0 aliphatic rings. The van der Waals surface area contributed by atoms with Crippen LogP contribution in [0.2, 0.25) is 5.02 Å². The van der Waals surface area contributed by atoms with Gasteiger partial charge in [-0.15, -0.1) is 11.3 Å². The first-order valence-electron chi connectivity index (χ1n) is 10.4. The summed E-state index contributed by atoms with van der Waals surface area (Å²) < 4.78 is 2.21. The molecule has 6 heteroatoms. The Morgan fingerprint density at radius 3 is 2.65 bits per heavy atom. The van der Waals surface area contributed by atoms with Gasteiger partial charge < -0.3 is 9.88 Å². The Morgan fingerprint density at radius 2 is 1.94 bits per heavy atom. The van der Waals surface area contributed by atoms with Crippen molar-refractivity contribution in [2.75, 3.05) is 5.32 Å². The molecular weight excluding hydrogens is 426 g/mol. The molecule has 1 amide bonds. The topological polar surface area (TPSA) is 46.9 Å². The van der Waals surface area contributed by atoms with Crippen molar-refractivity contribution < 1.29 is 4.79 Å². The Hall–Kier alpha value is -2.63. The van der Waals surface area contributed by atoms with E-state index in [4.69, 9.17) is 11.6 Å². The van der Waals surface area contributed by atoms with Gasteiger partial charge in [-0.1, -0.05) is 62.7 Å². The zero-order chi connectivity index (χ0) is 22.0. The molecule has 4 aromatic rings. The van der Waals surface area contributed by atoms with Gasteiger partial charge in [0.15, 0.2) is 5.13 Å². The number of amides is 1. The van der Waals surface area contributed by atoms with Gasteiger partial charge in [0.05, 0.1) is 12.1 Å². The van der Waals surface area contributed by atoms with Gasteiger partial charge in [-0.25, -0.2) is 4.98 Å². The number of aryl methyl sites for hydroxylation is 2. The summed E-state index contributed by atoms with van der Waals surface area (Å²) >= 11 is 7.73. The standard InChI is InChI=1S/C25H26ClN3OS/c1-25(2,3)22-16-31-24(27-22)28-23(30)13-18-15-29(12-11-17-7-5-4-6-8-17)21-10-9-19(26)14-20(18)21/h4-10,14-16H,11-13H2,1-3H3,(H,27,28,30). The number of nitrogens with one attached hydrogen (secondary N) is 1. The normalized spacial score (nSPS) is 11.7. The largest absolute Gasteiger partial charge is 0.347 e. The van der Waals surface area contributed by atoms with E-state index in [0.717, 1.165) is 35.1 Å². The maximum absolute atomic E-state index is 12.8. The van der Waals surface area contributed by atoms with E-state index in [-0.39, 0.29) is 17.7 Å². The zero-order valence-electron chi connectivity index (χ0n) is 18.0. The van der Waals surface area contributed by atoms with E-state index in [1.54, 1.807) is 0 Å². The fourth-order valence-corrected chi connectivity index (χ4v) is 4.70. The zero-order valence-corrected chi connectivity index (χ0v) is 19.6. The SMILES string of the molecule is CC(C)(C)c1csc(NC(=O)Cc2cn(CCc3ccccc3)c3ccc(Cl)cc23)n1. The third-order valence-electron chi connectivity index (χ3n) is 5.28. The molecule has 2 aromatic heterocycles. The molecule has 4 rings (SSSR count). The number of halogens is 1. The maximum Gasteiger partial charge on any atom is 0.230 e. The molecular formula is C25H26ClN3OS. The van der Waals surface area contributed by atoms with E-state index >= 15 is 0 Å². The molecule has 2 heterocycles. The lowest BCUT2D eigenvalue weighted by atomic mass is 9.93. The van der Waals surface area contributed by atoms with Crippen LogP contribution in [0.1, 0.15) is 37.6 Å². The predicted molar refractivity (Wildman–Crippen MR) is 130 cm³/mol. The van der Waals surface area contributed by atoms with Crippen LogP contribution in [0.5, 0.6) is 0 Å². The number of rotatable bonds is 6. The van der Waals surface area contributed by atoms with Crippen molar-refractivity contribution in [3.8, 4) is 0 Å². The van der Waals surface area contributed by atoms with E-state index in [9.17, 15) is 4.79 Å². The predicted octanol–water partition coefficient (Wildman–Crippen LogP) is 6.47. The molecule has 0 unspecified atom stereocenters. The number of carbonyl (C=O) groups excluding carboxylic acids is 1. The number of fused-ring (bicyclic) bond motifs is 1. The van der Waals surface area contributed by atoms with Gasteiger partial charge in [-0.2, -0.15) is 0 Å². The Morgan fingerprint density at radius 1 is 1.16 bits per heavy atom. The van der Waals surface area contributed by atoms with Crippen LogP contribution >= 0.6 is 22.9 Å². The average Bonchev–Trinajstić information content (AvgIpc) is 3.32. The van der Waals surface area contributed by atoms with E-state index in [1.807, 2.05) is 29.6 Å². The lowest BCUT2D eigenvalue weighted by Crippen LogP contribution is -2.15. The van der Waals surface area contributed by atoms with Crippen LogP contribution in [0.3, 0.4) is 0 Å². The van der Waals surface area contributed by atoms with Crippen molar-refractivity contribution in [1.29, 1.82) is 0 Å². The molecule has 1 N–H and O–H groups in total. The van der Waals surface area contributed by atoms with E-state index in [1.165, 1.54) is 16.9 Å². The molecule has 0 aliphatic heterocycles. The van der Waals surface area contributed by atoms with Gasteiger partial charge in [0, 0.05) is 39.5 Å². The van der Waals surface area contributed by atoms with Crippen molar-refractivity contribution in [2.45, 2.75) is 45.6 Å². The molecule has 0 atom stereocenters. The van der Waals surface area contributed by atoms with Crippen molar-refractivity contribution >= 4 is 44.9 Å². The third kappa shape index (κ3) is 5.17. The molecule has 0 saturated heterocycles. The number of carbonyl (C=O) groups is 1. The number of anilines is 1. The van der Waals surface area contributed by atoms with Gasteiger partial charge in [0.1, 0.15) is 0 Å². The van der Waals surface area contributed by atoms with Crippen LogP contribution in [0, 0.1) is 0 Å². The van der Waals surface area contributed by atoms with Gasteiger partial charge >= 0.3 is 0 Å². The average molecular weight is 452 g/mol. The van der Waals surface area contributed by atoms with Crippen LogP contribution < -0.4 is 5.32 Å². The summed E-state index contributed by atoms with van der Waals surface area (Å²) in [6, 6.07) is 16.3. The third-order valence-corrected chi connectivity index (χ3v) is 6.27. The van der Waals surface area contributed by atoms with Gasteiger partial charge in [-0.3, -0.25) is 4.79 Å². The minimum absolute atomic E-state index is 0.0393. The van der Waals surface area contributed by atoms with Crippen molar-refractivity contribution in [2.24, 2.45) is 0 Å². The van der Waals surface area contributed by atoms with Crippen molar-refractivity contribution in [1.82, 2.24) is 9.55 Å². The van der Waals surface area contributed by atoms with E-state index in [2.05, 4.69) is 66.1 Å². The molecule has 4 nitrogen and oxygen atoms in total. The number of benzene rings is 2. The molecule has 2 aromatic carbocycles. The second-order valence-electron chi connectivity index (χ2n) is 8.76. The summed E-state index contributed by atoms with van der Waals surface area (Å²) in [7, 11) is 0. The highest BCUT2D eigenvalue weighted by Gasteiger charge is 2.19. The highest BCUT2D eigenvalue weighted by atomic mass is 35.5. The minimum Gasteiger partial charge on any atom is -0.347 e. The summed E-state index contributed by atoms with van der Waals surface area (Å²) in [5, 5.41) is 7.29. The van der Waals surface area contributed by atoms with Gasteiger partial charge in [0.25, 0.3) is 0 Å². The smallest absolute Gasteiger partial charge is 0.230 e. The van der Waals surface area contributed by atoms with E-state index in [0.29, 0.717) is 10.2 Å². The Kier molecular flexibility index (Phi) is 6.17. The fourth-order valence-electron chi connectivity index (χ4n) is 3.58. The fraction of sp³-hybridized carbons (Fsp3) is 0.280. The first-order valence-corrected chi connectivity index (χ1v) is 11.6. The summed E-state index contributed by atoms with van der Waals surface area (Å²) in [4.78, 5) is 17.3. The van der Waals surface area contributed by atoms with E-state index < -0.39 is 0 Å².